The Morgan fingerprint density at radius 2 is 0.968 bits per heavy atom. The minimum atomic E-state index is -0.0460. The van der Waals surface area contributed by atoms with Crippen molar-refractivity contribution in [1.82, 2.24) is 0 Å². The van der Waals surface area contributed by atoms with E-state index >= 15 is 0 Å². The van der Waals surface area contributed by atoms with Gasteiger partial charge in [0.25, 0.3) is 0 Å². The Kier molecular flexibility index (Phi) is 18.1. The quantitative estimate of drug-likeness (QED) is 0.0406. The minimum absolute atomic E-state index is 0.0460. The standard InChI is InChI=1S/C63H80/c1-9-14-17-18-19-22-40-63(41-23-20-21-27-52(13-5)47(6)12-4)49(8)48(7)61-39-38-57(46-62(61)63)55-28-24-29-56(42-55)60-44-58(53-34-30-50(31-35-53)25-15-10-2)43-59(45-60)54-36-32-51(33-37-54)26-16-11-3/h12,24,28-39,42-46,52H,7-11,13-23,25-27,40-41H2,1-6H3. The number of benzene rings is 5. The highest BCUT2D eigenvalue weighted by molar-refractivity contribution is 5.90. The summed E-state index contributed by atoms with van der Waals surface area (Å²) in [4.78, 5) is 0. The molecule has 2 atom stereocenters. The molecule has 0 aromatic heterocycles. The minimum Gasteiger partial charge on any atom is -0.0943 e. The molecule has 0 bridgehead atoms. The summed E-state index contributed by atoms with van der Waals surface area (Å²) < 4.78 is 0. The van der Waals surface area contributed by atoms with Gasteiger partial charge in [-0.1, -0.05) is 202 Å². The number of aryl methyl sites for hydroxylation is 2. The molecule has 63 heavy (non-hydrogen) atoms. The second kappa shape index (κ2) is 23.8. The Hall–Kier alpha value is -4.68. The van der Waals surface area contributed by atoms with Crippen molar-refractivity contribution in [2.75, 3.05) is 0 Å². The Balaban J connectivity index is 1.34. The molecule has 0 fully saturated rings. The molecule has 0 aliphatic heterocycles. The van der Waals surface area contributed by atoms with E-state index in [-0.39, 0.29) is 5.41 Å². The second-order valence-electron chi connectivity index (χ2n) is 19.0. The Morgan fingerprint density at radius 3 is 1.51 bits per heavy atom. The summed E-state index contributed by atoms with van der Waals surface area (Å²) in [5.74, 6) is 0.713. The van der Waals surface area contributed by atoms with Gasteiger partial charge in [-0.05, 0) is 179 Å². The summed E-state index contributed by atoms with van der Waals surface area (Å²) >= 11 is 0. The van der Waals surface area contributed by atoms with E-state index in [0.29, 0.717) is 5.92 Å². The van der Waals surface area contributed by atoms with E-state index in [1.807, 2.05) is 0 Å². The van der Waals surface area contributed by atoms with Crippen LogP contribution in [0.5, 0.6) is 0 Å². The third-order valence-corrected chi connectivity index (χ3v) is 14.7. The van der Waals surface area contributed by atoms with Gasteiger partial charge in [0.05, 0.1) is 0 Å². The third-order valence-electron chi connectivity index (χ3n) is 14.7. The molecule has 0 N–H and O–H groups in total. The van der Waals surface area contributed by atoms with Crippen molar-refractivity contribution < 1.29 is 0 Å². The predicted octanol–water partition coefficient (Wildman–Crippen LogP) is 19.6. The molecule has 0 nitrogen and oxygen atoms in total. The van der Waals surface area contributed by atoms with Gasteiger partial charge in [0.1, 0.15) is 0 Å². The molecule has 1 aliphatic rings. The van der Waals surface area contributed by atoms with Gasteiger partial charge in [-0.3, -0.25) is 0 Å². The fraction of sp³-hybridized carbons (Fsp3) is 0.429. The van der Waals surface area contributed by atoms with Crippen LogP contribution in [-0.2, 0) is 18.3 Å². The number of hydrogen-bond acceptors (Lipinski definition) is 0. The van der Waals surface area contributed by atoms with Crippen molar-refractivity contribution >= 4 is 5.57 Å². The molecule has 0 spiro atoms. The summed E-state index contributed by atoms with van der Waals surface area (Å²) in [5, 5.41) is 0. The number of hydrogen-bond donors (Lipinski definition) is 0. The maximum Gasteiger partial charge on any atom is 0.0209 e. The average Bonchev–Trinajstić information content (AvgIpc) is 3.53. The molecule has 332 valence electrons. The molecule has 0 saturated carbocycles. The van der Waals surface area contributed by atoms with Crippen LogP contribution < -0.4 is 0 Å². The van der Waals surface area contributed by atoms with Crippen molar-refractivity contribution in [1.29, 1.82) is 0 Å². The van der Waals surface area contributed by atoms with E-state index in [2.05, 4.69) is 157 Å². The first-order valence-corrected chi connectivity index (χ1v) is 25.4. The molecular formula is C63H80. The van der Waals surface area contributed by atoms with Crippen molar-refractivity contribution in [3.63, 3.8) is 0 Å². The zero-order valence-corrected chi connectivity index (χ0v) is 40.4. The first-order chi connectivity index (χ1) is 30.7. The number of fused-ring (bicyclic) bond motifs is 1. The highest BCUT2D eigenvalue weighted by Gasteiger charge is 2.43. The van der Waals surface area contributed by atoms with Gasteiger partial charge in [-0.25, -0.2) is 0 Å². The van der Waals surface area contributed by atoms with Crippen LogP contribution in [-0.4, -0.2) is 0 Å². The smallest absolute Gasteiger partial charge is 0.0209 e. The van der Waals surface area contributed by atoms with E-state index in [4.69, 9.17) is 13.2 Å². The fourth-order valence-corrected chi connectivity index (χ4v) is 10.4. The first-order valence-electron chi connectivity index (χ1n) is 25.4. The van der Waals surface area contributed by atoms with Gasteiger partial charge in [-0.15, -0.1) is 0 Å². The summed E-state index contributed by atoms with van der Waals surface area (Å²) in [6.07, 6.45) is 26.0. The molecule has 5 aromatic rings. The van der Waals surface area contributed by atoms with Gasteiger partial charge >= 0.3 is 0 Å². The van der Waals surface area contributed by atoms with Crippen LogP contribution in [0.25, 0.3) is 50.1 Å². The molecule has 0 amide bonds. The Morgan fingerprint density at radius 1 is 0.508 bits per heavy atom. The molecular weight excluding hydrogens is 757 g/mol. The van der Waals surface area contributed by atoms with Crippen LogP contribution in [0, 0.1) is 5.92 Å². The lowest BCUT2D eigenvalue weighted by molar-refractivity contribution is 0.394. The predicted molar refractivity (Wildman–Crippen MR) is 280 cm³/mol. The Bertz CT molecular complexity index is 2190. The summed E-state index contributed by atoms with van der Waals surface area (Å²) in [5.41, 5.74) is 19.7. The van der Waals surface area contributed by atoms with E-state index < -0.39 is 0 Å². The van der Waals surface area contributed by atoms with E-state index in [0.717, 1.165) is 31.3 Å². The average molecular weight is 837 g/mol. The molecule has 0 radical (unpaired) electrons. The van der Waals surface area contributed by atoms with Crippen LogP contribution in [0.4, 0.5) is 0 Å². The number of unbranched alkanes of at least 4 members (excludes halogenated alkanes) is 9. The van der Waals surface area contributed by atoms with Gasteiger partial charge in [-0.2, -0.15) is 0 Å². The molecule has 6 rings (SSSR count). The molecule has 0 heteroatoms. The van der Waals surface area contributed by atoms with Crippen LogP contribution in [0.3, 0.4) is 0 Å². The van der Waals surface area contributed by atoms with Gasteiger partial charge in [0, 0.05) is 5.41 Å². The van der Waals surface area contributed by atoms with E-state index in [9.17, 15) is 0 Å². The van der Waals surface area contributed by atoms with Crippen molar-refractivity contribution in [3.05, 3.63) is 162 Å². The summed E-state index contributed by atoms with van der Waals surface area (Å²) in [6, 6.07) is 42.4. The lowest BCUT2D eigenvalue weighted by Gasteiger charge is -2.33. The normalized spacial score (nSPS) is 15.6. The summed E-state index contributed by atoms with van der Waals surface area (Å²) in [7, 11) is 0. The molecule has 1 aliphatic carbocycles. The first kappa shape index (κ1) is 47.8. The van der Waals surface area contributed by atoms with E-state index in [1.54, 1.807) is 5.57 Å². The maximum absolute atomic E-state index is 4.86. The highest BCUT2D eigenvalue weighted by atomic mass is 14.5. The van der Waals surface area contributed by atoms with Crippen molar-refractivity contribution in [3.8, 4) is 44.5 Å². The highest BCUT2D eigenvalue weighted by Crippen LogP contribution is 2.55. The van der Waals surface area contributed by atoms with Crippen LogP contribution in [0.1, 0.15) is 173 Å². The Labute approximate surface area is 385 Å². The zero-order valence-electron chi connectivity index (χ0n) is 40.4. The molecule has 0 heterocycles. The maximum atomic E-state index is 4.86. The lowest BCUT2D eigenvalue weighted by Crippen LogP contribution is -2.25. The summed E-state index contributed by atoms with van der Waals surface area (Å²) in [6.45, 7) is 23.3. The van der Waals surface area contributed by atoms with Crippen molar-refractivity contribution in [2.45, 2.75) is 169 Å². The fourth-order valence-electron chi connectivity index (χ4n) is 10.4. The SMILES string of the molecule is C=C1C(=C)C(CCCCCCCC)(CCCCCC(CC)C(C)=CC)c2cc(-c3cccc(-c4cc(-c5ccc(CCCC)cc5)cc(-c5ccc(CCCC)cc5)c4)c3)ccc21. The number of allylic oxidation sites excluding steroid dienone is 4. The zero-order chi connectivity index (χ0) is 44.6. The lowest BCUT2D eigenvalue weighted by atomic mass is 9.70. The van der Waals surface area contributed by atoms with Gasteiger partial charge < -0.3 is 0 Å². The monoisotopic (exact) mass is 837 g/mol. The van der Waals surface area contributed by atoms with E-state index in [1.165, 1.54) is 169 Å². The second-order valence-corrected chi connectivity index (χ2v) is 19.0. The molecule has 5 aromatic carbocycles. The molecule has 0 saturated heterocycles. The van der Waals surface area contributed by atoms with Gasteiger partial charge in [0.2, 0.25) is 0 Å². The number of rotatable bonds is 25. The van der Waals surface area contributed by atoms with Gasteiger partial charge in [0.15, 0.2) is 0 Å². The van der Waals surface area contributed by atoms with Crippen molar-refractivity contribution in [2.24, 2.45) is 5.92 Å². The molecule has 2 unspecified atom stereocenters. The largest absolute Gasteiger partial charge is 0.0943 e. The third kappa shape index (κ3) is 12.1. The van der Waals surface area contributed by atoms with Crippen LogP contribution >= 0.6 is 0 Å². The van der Waals surface area contributed by atoms with Crippen LogP contribution in [0.15, 0.2) is 140 Å². The van der Waals surface area contributed by atoms with Crippen LogP contribution in [0.2, 0.25) is 0 Å². The topological polar surface area (TPSA) is 0 Å².